The molecule has 0 radical (unpaired) electrons. The van der Waals surface area contributed by atoms with E-state index in [1.165, 1.54) is 0 Å². The number of aromatic nitrogens is 2. The van der Waals surface area contributed by atoms with Crippen molar-refractivity contribution < 1.29 is 4.79 Å². The van der Waals surface area contributed by atoms with Crippen molar-refractivity contribution in [3.63, 3.8) is 0 Å². The molecular weight excluding hydrogens is 482 g/mol. The third-order valence-electron chi connectivity index (χ3n) is 6.95. The van der Waals surface area contributed by atoms with Crippen molar-refractivity contribution in [2.24, 2.45) is 0 Å². The Bertz CT molecular complexity index is 1670. The van der Waals surface area contributed by atoms with Gasteiger partial charge in [-0.05, 0) is 54.3 Å². The Morgan fingerprint density at radius 3 is 2.26 bits per heavy atom. The molecule has 0 aliphatic heterocycles. The monoisotopic (exact) mass is 513 g/mol. The van der Waals surface area contributed by atoms with Gasteiger partial charge in [-0.15, -0.1) is 0 Å². The van der Waals surface area contributed by atoms with Gasteiger partial charge in [0.1, 0.15) is 5.82 Å². The van der Waals surface area contributed by atoms with Gasteiger partial charge in [-0.25, -0.2) is 4.98 Å². The minimum atomic E-state index is -0.500. The second-order valence-electron chi connectivity index (χ2n) is 9.48. The Morgan fingerprint density at radius 2 is 1.51 bits per heavy atom. The molecule has 1 amide bonds. The van der Waals surface area contributed by atoms with E-state index in [4.69, 9.17) is 4.98 Å². The van der Waals surface area contributed by atoms with Crippen LogP contribution in [0.15, 0.2) is 120 Å². The van der Waals surface area contributed by atoms with Gasteiger partial charge in [-0.1, -0.05) is 97.9 Å². The number of hydrogen-bond acceptors (Lipinski definition) is 3. The normalized spacial score (nSPS) is 12.1. The van der Waals surface area contributed by atoms with E-state index < -0.39 is 6.04 Å². The first kappa shape index (κ1) is 25.9. The predicted molar refractivity (Wildman–Crippen MR) is 158 cm³/mol. The number of aryl methyl sites for hydroxylation is 1. The molecule has 1 unspecified atom stereocenters. The number of benzene rings is 4. The molecule has 5 heteroatoms. The topological polar surface area (TPSA) is 55.2 Å². The smallest absolute Gasteiger partial charge is 0.266 e. The molecule has 5 rings (SSSR count). The SMILES string of the molecule is CCc1ccccc1-n1c(C(C)N(Cc2ccccc2)C(=O)/C=C/c2ccccc2)nc2ccccc2c1=O. The van der Waals surface area contributed by atoms with E-state index in [0.717, 1.165) is 28.8 Å². The van der Waals surface area contributed by atoms with Crippen LogP contribution in [0.3, 0.4) is 0 Å². The lowest BCUT2D eigenvalue weighted by atomic mass is 10.1. The van der Waals surface area contributed by atoms with Crippen molar-refractivity contribution >= 4 is 22.9 Å². The van der Waals surface area contributed by atoms with Crippen LogP contribution in [0.1, 0.15) is 42.4 Å². The zero-order valence-corrected chi connectivity index (χ0v) is 22.2. The average Bonchev–Trinajstić information content (AvgIpc) is 2.99. The summed E-state index contributed by atoms with van der Waals surface area (Å²) in [5, 5.41) is 0.546. The lowest BCUT2D eigenvalue weighted by Gasteiger charge is -2.30. The molecule has 0 saturated heterocycles. The summed E-state index contributed by atoms with van der Waals surface area (Å²) >= 11 is 0. The number of carbonyl (C=O) groups excluding carboxylic acids is 1. The third-order valence-corrected chi connectivity index (χ3v) is 6.95. The molecular formula is C34H31N3O2. The van der Waals surface area contributed by atoms with E-state index in [1.807, 2.05) is 116 Å². The molecule has 1 aromatic heterocycles. The van der Waals surface area contributed by atoms with Gasteiger partial charge in [0.05, 0.1) is 22.6 Å². The number of fused-ring (bicyclic) bond motifs is 1. The van der Waals surface area contributed by atoms with Crippen molar-refractivity contribution in [2.75, 3.05) is 0 Å². The van der Waals surface area contributed by atoms with Crippen molar-refractivity contribution in [1.82, 2.24) is 14.5 Å². The molecule has 39 heavy (non-hydrogen) atoms. The molecule has 194 valence electrons. The number of para-hydroxylation sites is 2. The standard InChI is InChI=1S/C34H31N3O2/c1-3-28-18-10-13-21-31(28)37-33(35-30-20-12-11-19-29(30)34(37)39)25(2)36(24-27-16-8-5-9-17-27)32(38)23-22-26-14-6-4-7-15-26/h4-23,25H,3,24H2,1-2H3/b23-22+. The van der Waals surface area contributed by atoms with Crippen LogP contribution in [0.4, 0.5) is 0 Å². The van der Waals surface area contributed by atoms with E-state index in [0.29, 0.717) is 23.3 Å². The molecule has 1 heterocycles. The van der Waals surface area contributed by atoms with Crippen LogP contribution in [0.5, 0.6) is 0 Å². The van der Waals surface area contributed by atoms with Gasteiger partial charge in [-0.3, -0.25) is 14.2 Å². The Morgan fingerprint density at radius 1 is 0.872 bits per heavy atom. The highest BCUT2D eigenvalue weighted by molar-refractivity contribution is 5.92. The maximum atomic E-state index is 14.0. The van der Waals surface area contributed by atoms with Crippen molar-refractivity contribution in [3.05, 3.63) is 148 Å². The van der Waals surface area contributed by atoms with Gasteiger partial charge in [0, 0.05) is 12.6 Å². The largest absolute Gasteiger partial charge is 0.325 e. The van der Waals surface area contributed by atoms with E-state index in [2.05, 4.69) is 6.92 Å². The van der Waals surface area contributed by atoms with Crippen LogP contribution < -0.4 is 5.56 Å². The summed E-state index contributed by atoms with van der Waals surface area (Å²) < 4.78 is 1.69. The van der Waals surface area contributed by atoms with E-state index in [9.17, 15) is 9.59 Å². The highest BCUT2D eigenvalue weighted by atomic mass is 16.2. The molecule has 0 fully saturated rings. The summed E-state index contributed by atoms with van der Waals surface area (Å²) in [5.41, 5.74) is 4.23. The molecule has 0 aliphatic carbocycles. The maximum Gasteiger partial charge on any atom is 0.266 e. The van der Waals surface area contributed by atoms with Crippen LogP contribution in [0.2, 0.25) is 0 Å². The highest BCUT2D eigenvalue weighted by Gasteiger charge is 2.26. The summed E-state index contributed by atoms with van der Waals surface area (Å²) in [6.45, 7) is 4.39. The van der Waals surface area contributed by atoms with Gasteiger partial charge >= 0.3 is 0 Å². The quantitative estimate of drug-likeness (QED) is 0.216. The van der Waals surface area contributed by atoms with E-state index in [1.54, 1.807) is 21.6 Å². The first-order chi connectivity index (χ1) is 19.1. The molecule has 5 nitrogen and oxygen atoms in total. The highest BCUT2D eigenvalue weighted by Crippen LogP contribution is 2.26. The van der Waals surface area contributed by atoms with Crippen molar-refractivity contribution in [2.45, 2.75) is 32.9 Å². The van der Waals surface area contributed by atoms with Crippen molar-refractivity contribution in [3.8, 4) is 5.69 Å². The van der Waals surface area contributed by atoms with Crippen LogP contribution in [-0.2, 0) is 17.8 Å². The zero-order chi connectivity index (χ0) is 27.2. The fraction of sp³-hybridized carbons (Fsp3) is 0.147. The molecule has 5 aromatic rings. The predicted octanol–water partition coefficient (Wildman–Crippen LogP) is 6.75. The molecule has 0 bridgehead atoms. The van der Waals surface area contributed by atoms with Crippen LogP contribution >= 0.6 is 0 Å². The Hall–Kier alpha value is -4.77. The number of rotatable bonds is 8. The Balaban J connectivity index is 1.67. The summed E-state index contributed by atoms with van der Waals surface area (Å²) in [6, 6.07) is 34.4. The van der Waals surface area contributed by atoms with Crippen LogP contribution in [0.25, 0.3) is 22.7 Å². The second kappa shape index (κ2) is 11.7. The minimum Gasteiger partial charge on any atom is -0.325 e. The summed E-state index contributed by atoms with van der Waals surface area (Å²) in [6.07, 6.45) is 4.17. The molecule has 4 aromatic carbocycles. The zero-order valence-electron chi connectivity index (χ0n) is 22.2. The number of nitrogens with zero attached hydrogens (tertiary/aromatic N) is 3. The molecule has 0 spiro atoms. The first-order valence-corrected chi connectivity index (χ1v) is 13.2. The van der Waals surface area contributed by atoms with Gasteiger partial charge in [0.25, 0.3) is 5.56 Å². The van der Waals surface area contributed by atoms with E-state index in [-0.39, 0.29) is 11.5 Å². The maximum absolute atomic E-state index is 14.0. The lowest BCUT2D eigenvalue weighted by molar-refractivity contribution is -0.128. The van der Waals surface area contributed by atoms with Gasteiger partial charge in [0.2, 0.25) is 5.91 Å². The Kier molecular flexibility index (Phi) is 7.78. The summed E-state index contributed by atoms with van der Waals surface area (Å²) in [4.78, 5) is 34.5. The van der Waals surface area contributed by atoms with E-state index >= 15 is 0 Å². The van der Waals surface area contributed by atoms with Gasteiger partial charge in [-0.2, -0.15) is 0 Å². The molecule has 0 N–H and O–H groups in total. The number of amides is 1. The first-order valence-electron chi connectivity index (χ1n) is 13.2. The third kappa shape index (κ3) is 5.58. The van der Waals surface area contributed by atoms with Crippen LogP contribution in [-0.4, -0.2) is 20.4 Å². The Labute approximate surface area is 228 Å². The lowest BCUT2D eigenvalue weighted by Crippen LogP contribution is -2.36. The summed E-state index contributed by atoms with van der Waals surface area (Å²) in [7, 11) is 0. The second-order valence-corrected chi connectivity index (χ2v) is 9.48. The number of hydrogen-bond donors (Lipinski definition) is 0. The average molecular weight is 514 g/mol. The fourth-order valence-corrected chi connectivity index (χ4v) is 4.84. The van der Waals surface area contributed by atoms with Gasteiger partial charge < -0.3 is 4.90 Å². The summed E-state index contributed by atoms with van der Waals surface area (Å²) in [5.74, 6) is 0.366. The van der Waals surface area contributed by atoms with Gasteiger partial charge in [0.15, 0.2) is 0 Å². The molecule has 0 aliphatic rings. The minimum absolute atomic E-state index is 0.143. The number of carbonyl (C=O) groups is 1. The van der Waals surface area contributed by atoms with Crippen molar-refractivity contribution in [1.29, 1.82) is 0 Å². The fourth-order valence-electron chi connectivity index (χ4n) is 4.84. The van der Waals surface area contributed by atoms with Crippen LogP contribution in [0, 0.1) is 0 Å². The molecule has 1 atom stereocenters. The molecule has 0 saturated carbocycles.